The fourth-order valence-corrected chi connectivity index (χ4v) is 6.93. The summed E-state index contributed by atoms with van der Waals surface area (Å²) in [5.74, 6) is -0.644. The number of alkyl halides is 3. The van der Waals surface area contributed by atoms with Crippen LogP contribution in [0.4, 0.5) is 17.6 Å². The van der Waals surface area contributed by atoms with Gasteiger partial charge in [-0.05, 0) is 70.7 Å². The van der Waals surface area contributed by atoms with E-state index in [1.54, 1.807) is 6.08 Å². The molecule has 0 nitrogen and oxygen atoms in total. The first-order chi connectivity index (χ1) is 8.84. The van der Waals surface area contributed by atoms with Gasteiger partial charge in [-0.25, -0.2) is 4.39 Å². The molecule has 0 saturated heterocycles. The van der Waals surface area contributed by atoms with Crippen LogP contribution in [0.2, 0.25) is 0 Å². The van der Waals surface area contributed by atoms with Crippen LogP contribution in [0.1, 0.15) is 24.8 Å². The molecule has 2 aliphatic rings. The van der Waals surface area contributed by atoms with Crippen molar-refractivity contribution in [3.05, 3.63) is 34.5 Å². The average molecular weight is 355 g/mol. The predicted molar refractivity (Wildman–Crippen MR) is 72.6 cm³/mol. The number of halogens is 5. The molecule has 1 unspecified atom stereocenters. The van der Waals surface area contributed by atoms with Gasteiger partial charge in [0.05, 0.1) is 0 Å². The van der Waals surface area contributed by atoms with Gasteiger partial charge in [-0.2, -0.15) is 13.2 Å². The Morgan fingerprint density at radius 2 is 1.89 bits per heavy atom. The lowest BCUT2D eigenvalue weighted by Gasteiger charge is -2.41. The smallest absolute Gasteiger partial charge is 0.207 e. The van der Waals surface area contributed by atoms with E-state index < -0.39 is 19.8 Å². The first-order valence-corrected chi connectivity index (χ1v) is 9.42. The quantitative estimate of drug-likeness (QED) is 0.544. The van der Waals surface area contributed by atoms with E-state index in [0.29, 0.717) is 10.5 Å². The summed E-state index contributed by atoms with van der Waals surface area (Å²) in [5.41, 5.74) is -3.90. The molecule has 104 valence electrons. The average Bonchev–Trinajstić information content (AvgIpc) is 2.52. The van der Waals surface area contributed by atoms with Gasteiger partial charge in [-0.1, -0.05) is 12.5 Å². The molecule has 1 aromatic carbocycles. The van der Waals surface area contributed by atoms with Crippen molar-refractivity contribution in [1.82, 2.24) is 0 Å². The van der Waals surface area contributed by atoms with Crippen LogP contribution in [-0.2, 0) is 0 Å². The molecule has 3 rings (SSSR count). The molecule has 1 aliphatic carbocycles. The molecule has 1 aromatic rings. The van der Waals surface area contributed by atoms with Crippen molar-refractivity contribution >= 4 is 29.4 Å². The van der Waals surface area contributed by atoms with Gasteiger partial charge in [0, 0.05) is 4.90 Å². The molecule has 0 N–H and O–H groups in total. The molecule has 1 fully saturated rings. The molecular formula is C13H11BrF4S. The van der Waals surface area contributed by atoms with E-state index in [4.69, 9.17) is 0 Å². The van der Waals surface area contributed by atoms with Gasteiger partial charge >= 0.3 is 5.51 Å². The van der Waals surface area contributed by atoms with E-state index in [1.165, 1.54) is 12.1 Å². The van der Waals surface area contributed by atoms with Gasteiger partial charge in [0.1, 0.15) is 5.82 Å². The second kappa shape index (κ2) is 4.25. The number of fused-ring (bicyclic) bond motifs is 1. The van der Waals surface area contributed by atoms with Crippen LogP contribution in [-0.4, -0.2) is 5.51 Å². The van der Waals surface area contributed by atoms with Crippen LogP contribution in [0.25, 0.3) is 6.08 Å². The van der Waals surface area contributed by atoms with Crippen molar-refractivity contribution in [2.45, 2.75) is 29.7 Å². The van der Waals surface area contributed by atoms with E-state index in [2.05, 4.69) is 14.8 Å². The van der Waals surface area contributed by atoms with Gasteiger partial charge in [-0.15, -0.1) is 0 Å². The predicted octanol–water partition coefficient (Wildman–Crippen LogP) is 5.97. The van der Waals surface area contributed by atoms with Crippen molar-refractivity contribution in [2.75, 3.05) is 0 Å². The summed E-state index contributed by atoms with van der Waals surface area (Å²) in [6.45, 7) is 0. The van der Waals surface area contributed by atoms with Crippen LogP contribution < -0.4 is 0 Å². The lowest BCUT2D eigenvalue weighted by atomic mass is 9.85. The highest BCUT2D eigenvalue weighted by Gasteiger charge is 2.57. The number of hydrogen-bond donors (Lipinski definition) is 0. The second-order valence-electron chi connectivity index (χ2n) is 4.84. The van der Waals surface area contributed by atoms with Crippen LogP contribution in [0, 0.1) is 11.7 Å². The summed E-state index contributed by atoms with van der Waals surface area (Å²) in [4.78, 5) is 0.466. The molecular weight excluding hydrogens is 344 g/mol. The van der Waals surface area contributed by atoms with Crippen molar-refractivity contribution < 1.29 is 17.6 Å². The van der Waals surface area contributed by atoms with E-state index in [-0.39, 0.29) is 10.8 Å². The third kappa shape index (κ3) is 1.87. The highest BCUT2D eigenvalue weighted by Crippen LogP contribution is 2.83. The standard InChI is InChI=1S/C13H11BrF4S/c14-19(13(16,17)18)11(8-2-1-3-8)6-9-4-5-10(15)7-12(9)19/h4-8H,1-3H2. The Balaban J connectivity index is 2.17. The Kier molecular flexibility index (Phi) is 3.02. The van der Waals surface area contributed by atoms with E-state index in [1.807, 2.05) is 0 Å². The zero-order valence-electron chi connectivity index (χ0n) is 9.81. The summed E-state index contributed by atoms with van der Waals surface area (Å²) >= 11 is 2.96. The normalized spacial score (nSPS) is 30.3. The van der Waals surface area contributed by atoms with Gasteiger partial charge in [-0.3, -0.25) is 0 Å². The summed E-state index contributed by atoms with van der Waals surface area (Å²) in [5, 5.41) is 0. The fourth-order valence-electron chi connectivity index (χ4n) is 2.53. The summed E-state index contributed by atoms with van der Waals surface area (Å²) in [6.07, 6.45) is 4.15. The van der Waals surface area contributed by atoms with Crippen LogP contribution >= 0.6 is 23.3 Å². The number of hydrogen-bond acceptors (Lipinski definition) is 0. The number of allylic oxidation sites excluding steroid dienone is 1. The zero-order valence-corrected chi connectivity index (χ0v) is 12.2. The molecule has 1 aliphatic heterocycles. The van der Waals surface area contributed by atoms with E-state index in [9.17, 15) is 17.6 Å². The minimum absolute atomic E-state index is 0.0218. The zero-order chi connectivity index (χ0) is 13.8. The highest BCUT2D eigenvalue weighted by atomic mass is 79.9. The Labute approximate surface area is 117 Å². The van der Waals surface area contributed by atoms with Crippen molar-refractivity contribution in [3.8, 4) is 0 Å². The number of rotatable bonds is 1. The molecule has 19 heavy (non-hydrogen) atoms. The first-order valence-electron chi connectivity index (χ1n) is 5.94. The fraction of sp³-hybridized carbons (Fsp3) is 0.385. The minimum Gasteiger partial charge on any atom is -0.207 e. The maximum absolute atomic E-state index is 13.6. The SMILES string of the molecule is Fc1ccc2c(c1)S(Br)(C(F)(F)F)C(C1CCC1)=C2. The van der Waals surface area contributed by atoms with Crippen molar-refractivity contribution in [3.63, 3.8) is 0 Å². The van der Waals surface area contributed by atoms with Crippen LogP contribution in [0.15, 0.2) is 28.0 Å². The van der Waals surface area contributed by atoms with Gasteiger partial charge < -0.3 is 0 Å². The second-order valence-corrected chi connectivity index (χ2v) is 10.2. The molecule has 0 spiro atoms. The Morgan fingerprint density at radius 3 is 2.42 bits per heavy atom. The molecule has 0 bridgehead atoms. The summed E-state index contributed by atoms with van der Waals surface area (Å²) in [6, 6.07) is 3.67. The molecule has 0 aromatic heterocycles. The largest absolute Gasteiger partial charge is 0.442 e. The lowest BCUT2D eigenvalue weighted by molar-refractivity contribution is -0.0358. The summed E-state index contributed by atoms with van der Waals surface area (Å²) < 4.78 is 54.0. The van der Waals surface area contributed by atoms with E-state index in [0.717, 1.165) is 25.3 Å². The Bertz CT molecular complexity index is 562. The third-order valence-electron chi connectivity index (χ3n) is 3.73. The van der Waals surface area contributed by atoms with Crippen molar-refractivity contribution in [2.24, 2.45) is 5.92 Å². The third-order valence-corrected chi connectivity index (χ3v) is 9.70. The lowest BCUT2D eigenvalue weighted by Crippen LogP contribution is -2.22. The molecule has 1 atom stereocenters. The molecule has 0 radical (unpaired) electrons. The Hall–Kier alpha value is -0.490. The monoisotopic (exact) mass is 354 g/mol. The maximum atomic E-state index is 13.6. The van der Waals surface area contributed by atoms with Crippen LogP contribution in [0.3, 0.4) is 0 Å². The molecule has 0 amide bonds. The first kappa shape index (κ1) is 13.5. The van der Waals surface area contributed by atoms with Gasteiger partial charge in [0.2, 0.25) is 0 Å². The summed E-state index contributed by atoms with van der Waals surface area (Å²) in [7, 11) is -3.27. The molecule has 1 saturated carbocycles. The van der Waals surface area contributed by atoms with Gasteiger partial charge in [0.15, 0.2) is 0 Å². The van der Waals surface area contributed by atoms with Gasteiger partial charge in [0.25, 0.3) is 0 Å². The Morgan fingerprint density at radius 1 is 1.21 bits per heavy atom. The maximum Gasteiger partial charge on any atom is 0.442 e. The minimum atomic E-state index is -4.40. The topological polar surface area (TPSA) is 0 Å². The van der Waals surface area contributed by atoms with E-state index >= 15 is 0 Å². The van der Waals surface area contributed by atoms with Crippen molar-refractivity contribution in [1.29, 1.82) is 0 Å². The number of benzene rings is 1. The molecule has 1 heterocycles. The molecule has 6 heteroatoms. The van der Waals surface area contributed by atoms with Crippen LogP contribution in [0.5, 0.6) is 0 Å². The highest BCUT2D eigenvalue weighted by molar-refractivity contribution is 9.59.